The molecule has 15 heavy (non-hydrogen) atoms. The van der Waals surface area contributed by atoms with Crippen molar-refractivity contribution in [2.24, 2.45) is 0 Å². The fourth-order valence-corrected chi connectivity index (χ4v) is 1.40. The van der Waals surface area contributed by atoms with E-state index in [0.29, 0.717) is 5.69 Å². The number of amides is 2. The molecule has 0 saturated carbocycles. The van der Waals surface area contributed by atoms with Gasteiger partial charge in [-0.1, -0.05) is 6.07 Å². The van der Waals surface area contributed by atoms with E-state index in [1.807, 2.05) is 22.6 Å². The lowest BCUT2D eigenvalue weighted by Crippen LogP contribution is -2.40. The van der Waals surface area contributed by atoms with E-state index in [1.54, 1.807) is 18.2 Å². The fourth-order valence-electron chi connectivity index (χ4n) is 0.857. The second-order valence-electron chi connectivity index (χ2n) is 2.59. The van der Waals surface area contributed by atoms with Crippen LogP contribution in [0.5, 0.6) is 0 Å². The summed E-state index contributed by atoms with van der Waals surface area (Å²) in [5, 5.41) is 2.90. The van der Waals surface area contributed by atoms with Crippen LogP contribution < -0.4 is 10.6 Å². The molecule has 0 bridgehead atoms. The second kappa shape index (κ2) is 4.69. The Morgan fingerprint density at radius 3 is 2.53 bits per heavy atom. The molecule has 0 aliphatic heterocycles. The highest BCUT2D eigenvalue weighted by atomic mass is 127. The molecule has 0 aliphatic carbocycles. The van der Waals surface area contributed by atoms with Gasteiger partial charge in [-0.2, -0.15) is 13.2 Å². The molecule has 0 radical (unpaired) electrons. The van der Waals surface area contributed by atoms with Crippen LogP contribution in [0.2, 0.25) is 0 Å². The molecule has 3 nitrogen and oxygen atoms in total. The first kappa shape index (κ1) is 12.1. The molecule has 1 rings (SSSR count). The Morgan fingerprint density at radius 1 is 1.33 bits per heavy atom. The van der Waals surface area contributed by atoms with Crippen molar-refractivity contribution < 1.29 is 18.0 Å². The van der Waals surface area contributed by atoms with Gasteiger partial charge in [0.05, 0.1) is 0 Å². The van der Waals surface area contributed by atoms with Crippen LogP contribution in [0.25, 0.3) is 0 Å². The summed E-state index contributed by atoms with van der Waals surface area (Å²) in [6.07, 6.45) is -4.72. The lowest BCUT2D eigenvalue weighted by atomic mass is 10.3. The predicted octanol–water partition coefficient (Wildman–Crippen LogP) is 2.93. The van der Waals surface area contributed by atoms with Crippen LogP contribution in [-0.4, -0.2) is 12.3 Å². The molecule has 0 aromatic heterocycles. The molecule has 0 saturated heterocycles. The van der Waals surface area contributed by atoms with Gasteiger partial charge in [0, 0.05) is 9.26 Å². The number of hydrogen-bond donors (Lipinski definition) is 2. The Hall–Kier alpha value is -0.990. The third-order valence-corrected chi connectivity index (χ3v) is 2.01. The van der Waals surface area contributed by atoms with E-state index in [4.69, 9.17) is 0 Å². The number of carbonyl (C=O) groups is 1. The molecule has 82 valence electrons. The average molecular weight is 330 g/mol. The molecule has 2 amide bonds. The quantitative estimate of drug-likeness (QED) is 0.603. The molecular weight excluding hydrogens is 324 g/mol. The predicted molar refractivity (Wildman–Crippen MR) is 57.4 cm³/mol. The van der Waals surface area contributed by atoms with Crippen molar-refractivity contribution in [3.63, 3.8) is 0 Å². The van der Waals surface area contributed by atoms with E-state index in [-0.39, 0.29) is 0 Å². The minimum atomic E-state index is -4.72. The number of carbonyl (C=O) groups excluding carboxylic acids is 1. The number of benzene rings is 1. The zero-order valence-corrected chi connectivity index (χ0v) is 9.39. The highest BCUT2D eigenvalue weighted by Crippen LogP contribution is 2.13. The van der Waals surface area contributed by atoms with Crippen LogP contribution in [0.1, 0.15) is 0 Å². The lowest BCUT2D eigenvalue weighted by Gasteiger charge is -2.09. The monoisotopic (exact) mass is 330 g/mol. The molecule has 2 N–H and O–H groups in total. The van der Waals surface area contributed by atoms with Crippen LogP contribution in [0.3, 0.4) is 0 Å². The van der Waals surface area contributed by atoms with E-state index in [0.717, 1.165) is 8.89 Å². The maximum absolute atomic E-state index is 11.7. The number of rotatable bonds is 1. The zero-order chi connectivity index (χ0) is 11.5. The van der Waals surface area contributed by atoms with Crippen molar-refractivity contribution in [3.8, 4) is 0 Å². The summed E-state index contributed by atoms with van der Waals surface area (Å²) in [5.74, 6) is 0. The first-order chi connectivity index (χ1) is 6.87. The van der Waals surface area contributed by atoms with Crippen molar-refractivity contribution in [2.45, 2.75) is 6.30 Å². The molecule has 0 unspecified atom stereocenters. The SMILES string of the molecule is O=C(Nc1cccc(I)c1)NC(F)(F)F. The molecule has 0 aliphatic rings. The van der Waals surface area contributed by atoms with E-state index in [2.05, 4.69) is 5.32 Å². The van der Waals surface area contributed by atoms with Crippen LogP contribution in [0.15, 0.2) is 24.3 Å². The summed E-state index contributed by atoms with van der Waals surface area (Å²) in [6.45, 7) is 0. The maximum atomic E-state index is 11.7. The average Bonchev–Trinajstić information content (AvgIpc) is 1.99. The molecule has 0 atom stereocenters. The van der Waals surface area contributed by atoms with Gasteiger partial charge in [0.15, 0.2) is 0 Å². The van der Waals surface area contributed by atoms with E-state index < -0.39 is 12.3 Å². The summed E-state index contributed by atoms with van der Waals surface area (Å²) in [5.41, 5.74) is 0.309. The van der Waals surface area contributed by atoms with Gasteiger partial charge in [-0.3, -0.25) is 0 Å². The minimum absolute atomic E-state index is 0.309. The number of hydrogen-bond acceptors (Lipinski definition) is 1. The third-order valence-electron chi connectivity index (χ3n) is 1.34. The van der Waals surface area contributed by atoms with Crippen molar-refractivity contribution in [3.05, 3.63) is 27.8 Å². The zero-order valence-electron chi connectivity index (χ0n) is 7.23. The number of urea groups is 1. The van der Waals surface area contributed by atoms with Crippen LogP contribution in [0.4, 0.5) is 23.7 Å². The summed E-state index contributed by atoms with van der Waals surface area (Å²) >= 11 is 1.99. The van der Waals surface area contributed by atoms with E-state index >= 15 is 0 Å². The van der Waals surface area contributed by atoms with E-state index in [1.165, 1.54) is 6.07 Å². The molecular formula is C8H6F3IN2O. The largest absolute Gasteiger partial charge is 0.485 e. The molecule has 0 heterocycles. The van der Waals surface area contributed by atoms with Crippen molar-refractivity contribution >= 4 is 34.3 Å². The number of nitrogens with one attached hydrogen (secondary N) is 2. The molecule has 0 spiro atoms. The van der Waals surface area contributed by atoms with Gasteiger partial charge < -0.3 is 5.32 Å². The van der Waals surface area contributed by atoms with E-state index in [9.17, 15) is 18.0 Å². The number of alkyl halides is 3. The molecule has 1 aromatic carbocycles. The Kier molecular flexibility index (Phi) is 3.77. The molecule has 7 heteroatoms. The van der Waals surface area contributed by atoms with Gasteiger partial charge in [0.1, 0.15) is 0 Å². The smallest absolute Gasteiger partial charge is 0.308 e. The van der Waals surface area contributed by atoms with Gasteiger partial charge >= 0.3 is 12.3 Å². The first-order valence-corrected chi connectivity index (χ1v) is 4.86. The third kappa shape index (κ3) is 4.86. The minimum Gasteiger partial charge on any atom is -0.308 e. The normalized spacial score (nSPS) is 10.9. The maximum Gasteiger partial charge on any atom is 0.485 e. The van der Waals surface area contributed by atoms with Gasteiger partial charge in [0.2, 0.25) is 0 Å². The van der Waals surface area contributed by atoms with Gasteiger partial charge in [-0.05, 0) is 40.8 Å². The van der Waals surface area contributed by atoms with Crippen LogP contribution in [-0.2, 0) is 0 Å². The second-order valence-corrected chi connectivity index (χ2v) is 3.83. The first-order valence-electron chi connectivity index (χ1n) is 3.78. The molecule has 1 aromatic rings. The number of anilines is 1. The Morgan fingerprint density at radius 2 is 2.00 bits per heavy atom. The summed E-state index contributed by atoms with van der Waals surface area (Å²) < 4.78 is 36.0. The summed E-state index contributed by atoms with van der Waals surface area (Å²) in [7, 11) is 0. The Balaban J connectivity index is 2.59. The highest BCUT2D eigenvalue weighted by molar-refractivity contribution is 14.1. The number of halogens is 4. The van der Waals surface area contributed by atoms with Crippen LogP contribution in [0, 0.1) is 3.57 Å². The molecule has 0 fully saturated rings. The topological polar surface area (TPSA) is 41.1 Å². The Bertz CT molecular complexity index is 367. The van der Waals surface area contributed by atoms with Crippen molar-refractivity contribution in [2.75, 3.05) is 5.32 Å². The standard InChI is InChI=1S/C8H6F3IN2O/c9-8(10,11)14-7(15)13-6-3-1-2-5(12)4-6/h1-4H,(H2,13,14,15). The van der Waals surface area contributed by atoms with Crippen LogP contribution >= 0.6 is 22.6 Å². The summed E-state index contributed by atoms with van der Waals surface area (Å²) in [4.78, 5) is 10.8. The Labute approximate surface area is 97.2 Å². The fraction of sp³-hybridized carbons (Fsp3) is 0.125. The lowest BCUT2D eigenvalue weighted by molar-refractivity contribution is -0.144. The highest BCUT2D eigenvalue weighted by Gasteiger charge is 2.29. The summed E-state index contributed by atoms with van der Waals surface area (Å²) in [6, 6.07) is 5.14. The van der Waals surface area contributed by atoms with Gasteiger partial charge in [-0.15, -0.1) is 0 Å². The van der Waals surface area contributed by atoms with Crippen molar-refractivity contribution in [1.29, 1.82) is 0 Å². The van der Waals surface area contributed by atoms with Crippen molar-refractivity contribution in [1.82, 2.24) is 5.32 Å². The van der Waals surface area contributed by atoms with Gasteiger partial charge in [-0.25, -0.2) is 10.1 Å². The van der Waals surface area contributed by atoms with Gasteiger partial charge in [0.25, 0.3) is 0 Å².